The Morgan fingerprint density at radius 1 is 1.21 bits per heavy atom. The molecule has 5 nitrogen and oxygen atoms in total. The van der Waals surface area contributed by atoms with Gasteiger partial charge in [-0.05, 0) is 56.2 Å². The molecular formula is C22H21N3O2S. The van der Waals surface area contributed by atoms with E-state index in [0.29, 0.717) is 17.8 Å². The minimum atomic E-state index is -0.374. The zero-order chi connectivity index (χ0) is 19.8. The first kappa shape index (κ1) is 18.3. The molecule has 4 rings (SSSR count). The van der Waals surface area contributed by atoms with E-state index in [-0.39, 0.29) is 11.7 Å². The summed E-state index contributed by atoms with van der Waals surface area (Å²) in [5.41, 5.74) is 9.43. The van der Waals surface area contributed by atoms with Crippen LogP contribution in [0.5, 0.6) is 5.75 Å². The molecule has 6 heteroatoms. The molecule has 0 fully saturated rings. The third kappa shape index (κ3) is 2.88. The molecule has 1 aliphatic carbocycles. The number of Topliss-reactive ketones (excluding diaryl/α,β-unsaturated/α-hetero) is 1. The van der Waals surface area contributed by atoms with Crippen molar-refractivity contribution >= 4 is 22.8 Å². The van der Waals surface area contributed by atoms with Crippen molar-refractivity contribution in [1.82, 2.24) is 0 Å². The van der Waals surface area contributed by atoms with Crippen molar-refractivity contribution in [3.05, 3.63) is 68.8 Å². The molecule has 1 atom stereocenters. The summed E-state index contributed by atoms with van der Waals surface area (Å²) in [7, 11) is 1.62. The van der Waals surface area contributed by atoms with Crippen molar-refractivity contribution in [2.75, 3.05) is 12.0 Å². The van der Waals surface area contributed by atoms with E-state index in [9.17, 15) is 10.1 Å². The molecule has 0 radical (unpaired) electrons. The van der Waals surface area contributed by atoms with Gasteiger partial charge in [-0.25, -0.2) is 0 Å². The Kier molecular flexibility index (Phi) is 4.70. The normalized spacial score (nSPS) is 19.5. The average molecular weight is 391 g/mol. The van der Waals surface area contributed by atoms with Gasteiger partial charge in [0.1, 0.15) is 11.6 Å². The lowest BCUT2D eigenvalue weighted by molar-refractivity contribution is -0.116. The smallest absolute Gasteiger partial charge is 0.161 e. The Labute approximate surface area is 168 Å². The number of carbonyl (C=O) groups excluding carboxylic acids is 1. The van der Waals surface area contributed by atoms with Crippen molar-refractivity contribution in [2.24, 2.45) is 5.73 Å². The molecule has 0 saturated carbocycles. The van der Waals surface area contributed by atoms with E-state index in [4.69, 9.17) is 10.5 Å². The molecule has 2 aromatic rings. The molecule has 1 aromatic heterocycles. The largest absolute Gasteiger partial charge is 0.497 e. The highest BCUT2D eigenvalue weighted by Crippen LogP contribution is 2.47. The van der Waals surface area contributed by atoms with Crippen molar-refractivity contribution in [2.45, 2.75) is 32.1 Å². The average Bonchev–Trinajstić information content (AvgIpc) is 3.13. The van der Waals surface area contributed by atoms with Crippen LogP contribution in [0.25, 0.3) is 0 Å². The number of nitrogens with two attached hydrogens (primary N) is 1. The van der Waals surface area contributed by atoms with E-state index in [1.54, 1.807) is 18.4 Å². The molecule has 0 saturated heterocycles. The third-order valence-corrected chi connectivity index (χ3v) is 6.36. The second-order valence-electron chi connectivity index (χ2n) is 6.96. The maximum Gasteiger partial charge on any atom is 0.161 e. The summed E-state index contributed by atoms with van der Waals surface area (Å²) in [5, 5.41) is 9.96. The molecule has 1 aliphatic heterocycles. The summed E-state index contributed by atoms with van der Waals surface area (Å²) in [5.74, 6) is 0.874. The highest BCUT2D eigenvalue weighted by Gasteiger charge is 2.40. The van der Waals surface area contributed by atoms with Crippen molar-refractivity contribution < 1.29 is 9.53 Å². The Morgan fingerprint density at radius 3 is 2.57 bits per heavy atom. The maximum absolute atomic E-state index is 13.0. The standard InChI is InChI=1S/C22H21N3O2S/c1-13-6-11-19(28-13)20-16(12-23)22(24)25(14-7-9-15(27-2)10-8-14)17-4-3-5-18(26)21(17)20/h6-11,20H,3-5,24H2,1-2H3. The van der Waals surface area contributed by atoms with Crippen molar-refractivity contribution in [1.29, 1.82) is 5.26 Å². The first-order valence-corrected chi connectivity index (χ1v) is 10.0. The zero-order valence-electron chi connectivity index (χ0n) is 15.9. The maximum atomic E-state index is 13.0. The summed E-state index contributed by atoms with van der Waals surface area (Å²) in [6.45, 7) is 2.03. The number of ether oxygens (including phenoxy) is 1. The van der Waals surface area contributed by atoms with Gasteiger partial charge in [-0.3, -0.25) is 9.69 Å². The second-order valence-corrected chi connectivity index (χ2v) is 8.28. The lowest BCUT2D eigenvalue weighted by atomic mass is 9.78. The number of aryl methyl sites for hydroxylation is 1. The van der Waals surface area contributed by atoms with Gasteiger partial charge in [-0.1, -0.05) is 0 Å². The molecule has 1 aromatic carbocycles. The van der Waals surface area contributed by atoms with E-state index < -0.39 is 0 Å². The Bertz CT molecular complexity index is 1040. The highest BCUT2D eigenvalue weighted by atomic mass is 32.1. The van der Waals surface area contributed by atoms with Crippen LogP contribution in [0.15, 0.2) is 59.1 Å². The van der Waals surface area contributed by atoms with E-state index in [1.807, 2.05) is 48.2 Å². The first-order valence-electron chi connectivity index (χ1n) is 9.21. The molecule has 2 N–H and O–H groups in total. The topological polar surface area (TPSA) is 79.3 Å². The van der Waals surface area contributed by atoms with Crippen LogP contribution in [-0.4, -0.2) is 12.9 Å². The minimum absolute atomic E-state index is 0.107. The number of anilines is 1. The number of benzene rings is 1. The lowest BCUT2D eigenvalue weighted by Crippen LogP contribution is -2.38. The van der Waals surface area contributed by atoms with Gasteiger partial charge in [0, 0.05) is 33.1 Å². The fourth-order valence-electron chi connectivity index (χ4n) is 4.01. The van der Waals surface area contributed by atoms with Crippen LogP contribution in [0.3, 0.4) is 0 Å². The summed E-state index contributed by atoms with van der Waals surface area (Å²) in [6, 6.07) is 13.8. The number of ketones is 1. The van der Waals surface area contributed by atoms with Gasteiger partial charge < -0.3 is 10.5 Å². The number of rotatable bonds is 3. The van der Waals surface area contributed by atoms with E-state index >= 15 is 0 Å². The SMILES string of the molecule is COc1ccc(N2C(N)=C(C#N)C(c3ccc(C)s3)C3=C2CCCC3=O)cc1. The van der Waals surface area contributed by atoms with Crippen LogP contribution in [-0.2, 0) is 4.79 Å². The molecule has 0 amide bonds. The van der Waals surface area contributed by atoms with Gasteiger partial charge in [-0.2, -0.15) is 5.26 Å². The first-order chi connectivity index (χ1) is 13.5. The van der Waals surface area contributed by atoms with Crippen LogP contribution in [0.1, 0.15) is 34.9 Å². The number of thiophene rings is 1. The van der Waals surface area contributed by atoms with Crippen LogP contribution in [0.4, 0.5) is 5.69 Å². The lowest BCUT2D eigenvalue weighted by Gasteiger charge is -2.39. The third-order valence-electron chi connectivity index (χ3n) is 5.29. The van der Waals surface area contributed by atoms with E-state index in [1.165, 1.54) is 0 Å². The highest BCUT2D eigenvalue weighted by molar-refractivity contribution is 7.12. The van der Waals surface area contributed by atoms with Gasteiger partial charge in [0.15, 0.2) is 5.78 Å². The van der Waals surface area contributed by atoms with Crippen LogP contribution >= 0.6 is 11.3 Å². The second kappa shape index (κ2) is 7.17. The van der Waals surface area contributed by atoms with Crippen LogP contribution in [0.2, 0.25) is 0 Å². The molecule has 1 unspecified atom stereocenters. The molecule has 0 bridgehead atoms. The van der Waals surface area contributed by atoms with Gasteiger partial charge in [0.25, 0.3) is 0 Å². The van der Waals surface area contributed by atoms with E-state index in [0.717, 1.165) is 45.3 Å². The summed E-state index contributed by atoms with van der Waals surface area (Å²) in [4.78, 5) is 17.0. The minimum Gasteiger partial charge on any atom is -0.497 e. The van der Waals surface area contributed by atoms with Crippen LogP contribution < -0.4 is 15.4 Å². The molecule has 0 spiro atoms. The summed E-state index contributed by atoms with van der Waals surface area (Å²) in [6.07, 6.45) is 2.05. The van der Waals surface area contributed by atoms with Crippen molar-refractivity contribution in [3.8, 4) is 11.8 Å². The summed E-state index contributed by atoms with van der Waals surface area (Å²) < 4.78 is 5.25. The number of nitrogens with zero attached hydrogens (tertiary/aromatic N) is 2. The molecule has 142 valence electrons. The van der Waals surface area contributed by atoms with E-state index in [2.05, 4.69) is 6.07 Å². The Hall–Kier alpha value is -3.04. The quantitative estimate of drug-likeness (QED) is 0.840. The molecule has 2 aliphatic rings. The van der Waals surface area contributed by atoms with Gasteiger partial charge >= 0.3 is 0 Å². The van der Waals surface area contributed by atoms with Gasteiger partial charge in [-0.15, -0.1) is 11.3 Å². The predicted molar refractivity (Wildman–Crippen MR) is 110 cm³/mol. The zero-order valence-corrected chi connectivity index (χ0v) is 16.7. The van der Waals surface area contributed by atoms with Gasteiger partial charge in [0.2, 0.25) is 0 Å². The number of carbonyl (C=O) groups is 1. The Morgan fingerprint density at radius 2 is 1.96 bits per heavy atom. The number of allylic oxidation sites excluding steroid dienone is 3. The molecule has 28 heavy (non-hydrogen) atoms. The summed E-state index contributed by atoms with van der Waals surface area (Å²) >= 11 is 1.61. The number of hydrogen-bond donors (Lipinski definition) is 1. The predicted octanol–water partition coefficient (Wildman–Crippen LogP) is 4.37. The van der Waals surface area contributed by atoms with Crippen molar-refractivity contribution in [3.63, 3.8) is 0 Å². The number of hydrogen-bond acceptors (Lipinski definition) is 6. The van der Waals surface area contributed by atoms with Crippen LogP contribution in [0, 0.1) is 18.3 Å². The molecule has 2 heterocycles. The van der Waals surface area contributed by atoms with Gasteiger partial charge in [0.05, 0.1) is 24.7 Å². The monoisotopic (exact) mass is 391 g/mol. The number of nitriles is 1. The molecular weight excluding hydrogens is 370 g/mol. The fraction of sp³-hybridized carbons (Fsp3) is 0.273. The number of methoxy groups -OCH3 is 1. The fourth-order valence-corrected chi connectivity index (χ4v) is 5.00. The Balaban J connectivity index is 1.92.